The van der Waals surface area contributed by atoms with Crippen molar-refractivity contribution in [3.05, 3.63) is 47.0 Å². The summed E-state index contributed by atoms with van der Waals surface area (Å²) in [5.74, 6) is -0.582. The number of esters is 1. The summed E-state index contributed by atoms with van der Waals surface area (Å²) in [4.78, 5) is 24.5. The zero-order valence-corrected chi connectivity index (χ0v) is 19.1. The number of carbonyl (C=O) groups is 2. The summed E-state index contributed by atoms with van der Waals surface area (Å²) in [5.41, 5.74) is 1.93. The first-order valence-corrected chi connectivity index (χ1v) is 10.7. The molecule has 2 rings (SSSR count). The van der Waals surface area contributed by atoms with E-state index in [2.05, 4.69) is 5.32 Å². The zero-order valence-electron chi connectivity index (χ0n) is 18.3. The fourth-order valence-corrected chi connectivity index (χ4v) is 3.69. The molecule has 0 aromatic heterocycles. The molecular formula is C21H26N2O7S. The molecule has 0 saturated heterocycles. The van der Waals surface area contributed by atoms with Crippen LogP contribution in [0.2, 0.25) is 0 Å². The fourth-order valence-electron chi connectivity index (χ4n) is 2.67. The molecule has 0 aliphatic heterocycles. The van der Waals surface area contributed by atoms with Crippen LogP contribution < -0.4 is 14.8 Å². The largest absolute Gasteiger partial charge is 0.497 e. The smallest absolute Gasteiger partial charge is 0.341 e. The quantitative estimate of drug-likeness (QED) is 0.615. The van der Waals surface area contributed by atoms with E-state index < -0.39 is 28.5 Å². The van der Waals surface area contributed by atoms with Gasteiger partial charge in [0.1, 0.15) is 17.1 Å². The summed E-state index contributed by atoms with van der Waals surface area (Å²) < 4.78 is 41.4. The first-order valence-electron chi connectivity index (χ1n) is 9.24. The highest BCUT2D eigenvalue weighted by molar-refractivity contribution is 7.89. The Hall–Kier alpha value is -3.11. The van der Waals surface area contributed by atoms with Gasteiger partial charge in [-0.15, -0.1) is 0 Å². The minimum Gasteiger partial charge on any atom is -0.497 e. The number of hydrogen-bond acceptors (Lipinski definition) is 7. The van der Waals surface area contributed by atoms with Gasteiger partial charge in [0, 0.05) is 25.8 Å². The Balaban J connectivity index is 2.24. The van der Waals surface area contributed by atoms with Gasteiger partial charge >= 0.3 is 5.97 Å². The van der Waals surface area contributed by atoms with Gasteiger partial charge in [-0.3, -0.25) is 4.79 Å². The Kier molecular flexibility index (Phi) is 7.64. The normalized spacial score (nSPS) is 11.2. The second-order valence-electron chi connectivity index (χ2n) is 6.89. The minimum atomic E-state index is -3.67. The van der Waals surface area contributed by atoms with Gasteiger partial charge in [-0.25, -0.2) is 17.5 Å². The number of anilines is 1. The summed E-state index contributed by atoms with van der Waals surface area (Å²) in [6, 6.07) is 7.47. The van der Waals surface area contributed by atoms with Crippen molar-refractivity contribution < 1.29 is 32.2 Å². The number of benzene rings is 2. The van der Waals surface area contributed by atoms with Gasteiger partial charge < -0.3 is 19.5 Å². The standard InChI is InChI=1S/C21H26N2O7S/c1-13-9-16(31(26,27)23(3)4)11-18(14(13)2)22-20(24)12-30-19-10-15(28-5)7-8-17(19)21(25)29-6/h7-11H,12H2,1-6H3,(H,22,24). The van der Waals surface area contributed by atoms with Crippen LogP contribution in [-0.2, 0) is 19.6 Å². The molecule has 31 heavy (non-hydrogen) atoms. The van der Waals surface area contributed by atoms with Crippen LogP contribution in [0.5, 0.6) is 11.5 Å². The summed E-state index contributed by atoms with van der Waals surface area (Å²) in [6.45, 7) is 3.12. The molecule has 0 aliphatic rings. The van der Waals surface area contributed by atoms with E-state index in [1.807, 2.05) is 0 Å². The summed E-state index contributed by atoms with van der Waals surface area (Å²) in [6.07, 6.45) is 0. The first kappa shape index (κ1) is 24.2. The van der Waals surface area contributed by atoms with E-state index in [4.69, 9.17) is 14.2 Å². The molecule has 0 fully saturated rings. The molecule has 0 aliphatic carbocycles. The first-order chi connectivity index (χ1) is 14.5. The molecule has 0 unspecified atom stereocenters. The van der Waals surface area contributed by atoms with Crippen molar-refractivity contribution in [3.63, 3.8) is 0 Å². The molecule has 9 nitrogen and oxygen atoms in total. The molecule has 0 atom stereocenters. The average Bonchev–Trinajstić information content (AvgIpc) is 2.74. The van der Waals surface area contributed by atoms with E-state index in [1.165, 1.54) is 46.5 Å². The van der Waals surface area contributed by atoms with Crippen molar-refractivity contribution in [2.45, 2.75) is 18.7 Å². The van der Waals surface area contributed by atoms with E-state index in [0.717, 1.165) is 9.87 Å². The van der Waals surface area contributed by atoms with Gasteiger partial charge in [-0.1, -0.05) is 0 Å². The van der Waals surface area contributed by atoms with E-state index >= 15 is 0 Å². The van der Waals surface area contributed by atoms with Gasteiger partial charge in [0.2, 0.25) is 10.0 Å². The van der Waals surface area contributed by atoms with E-state index in [1.54, 1.807) is 26.0 Å². The molecule has 0 spiro atoms. The average molecular weight is 451 g/mol. The number of ether oxygens (including phenoxy) is 3. The number of nitrogens with zero attached hydrogens (tertiary/aromatic N) is 1. The molecule has 2 aromatic carbocycles. The molecule has 2 aromatic rings. The van der Waals surface area contributed by atoms with Gasteiger partial charge in [-0.2, -0.15) is 0 Å². The van der Waals surface area contributed by atoms with Crippen LogP contribution in [0.25, 0.3) is 0 Å². The number of nitrogens with one attached hydrogen (secondary N) is 1. The van der Waals surface area contributed by atoms with Crippen LogP contribution in [0.1, 0.15) is 21.5 Å². The Morgan fingerprint density at radius 2 is 1.74 bits per heavy atom. The van der Waals surface area contributed by atoms with Crippen molar-refractivity contribution in [1.29, 1.82) is 0 Å². The van der Waals surface area contributed by atoms with Crippen LogP contribution in [0.3, 0.4) is 0 Å². The maximum absolute atomic E-state index is 12.5. The molecule has 0 saturated carbocycles. The van der Waals surface area contributed by atoms with E-state index in [-0.39, 0.29) is 16.2 Å². The highest BCUT2D eigenvalue weighted by Crippen LogP contribution is 2.27. The Labute approximate surface area is 182 Å². The Bertz CT molecular complexity index is 1100. The van der Waals surface area contributed by atoms with Gasteiger partial charge in [0.15, 0.2) is 6.61 Å². The molecule has 168 valence electrons. The predicted molar refractivity (Wildman–Crippen MR) is 115 cm³/mol. The molecule has 1 amide bonds. The Morgan fingerprint density at radius 3 is 2.32 bits per heavy atom. The van der Waals surface area contributed by atoms with Crippen LogP contribution >= 0.6 is 0 Å². The lowest BCUT2D eigenvalue weighted by Gasteiger charge is -2.17. The number of amides is 1. The predicted octanol–water partition coefficient (Wildman–Crippen LogP) is 2.37. The summed E-state index contributed by atoms with van der Waals surface area (Å²) >= 11 is 0. The third-order valence-corrected chi connectivity index (χ3v) is 6.44. The second kappa shape index (κ2) is 9.80. The SMILES string of the molecule is COC(=O)c1ccc(OC)cc1OCC(=O)Nc1cc(S(=O)(=O)N(C)C)cc(C)c1C. The number of methoxy groups -OCH3 is 2. The molecule has 0 bridgehead atoms. The zero-order chi connectivity index (χ0) is 23.3. The maximum Gasteiger partial charge on any atom is 0.341 e. The second-order valence-corrected chi connectivity index (χ2v) is 9.04. The van der Waals surface area contributed by atoms with Crippen molar-refractivity contribution in [2.24, 2.45) is 0 Å². The van der Waals surface area contributed by atoms with Gasteiger partial charge in [-0.05, 0) is 49.2 Å². The topological polar surface area (TPSA) is 111 Å². The van der Waals surface area contributed by atoms with Crippen LogP contribution in [0.15, 0.2) is 35.2 Å². The molecule has 0 heterocycles. The van der Waals surface area contributed by atoms with Crippen molar-refractivity contribution in [1.82, 2.24) is 4.31 Å². The third-order valence-electron chi connectivity index (χ3n) is 4.65. The monoisotopic (exact) mass is 450 g/mol. The number of aryl methyl sites for hydroxylation is 1. The number of carbonyl (C=O) groups excluding carboxylic acids is 2. The Morgan fingerprint density at radius 1 is 1.06 bits per heavy atom. The third kappa shape index (κ3) is 5.53. The lowest BCUT2D eigenvalue weighted by molar-refractivity contribution is -0.118. The highest BCUT2D eigenvalue weighted by Gasteiger charge is 2.21. The lowest BCUT2D eigenvalue weighted by Crippen LogP contribution is -2.24. The van der Waals surface area contributed by atoms with Crippen LogP contribution in [0, 0.1) is 13.8 Å². The van der Waals surface area contributed by atoms with Gasteiger partial charge in [0.05, 0.1) is 19.1 Å². The number of hydrogen-bond donors (Lipinski definition) is 1. The van der Waals surface area contributed by atoms with Crippen LogP contribution in [-0.4, -0.2) is 59.5 Å². The molecule has 1 N–H and O–H groups in total. The fraction of sp³-hybridized carbons (Fsp3) is 0.333. The maximum atomic E-state index is 12.5. The van der Waals surface area contributed by atoms with Crippen LogP contribution in [0.4, 0.5) is 5.69 Å². The molecule has 0 radical (unpaired) electrons. The molecule has 10 heteroatoms. The van der Waals surface area contributed by atoms with Crippen molar-refractivity contribution >= 4 is 27.6 Å². The highest BCUT2D eigenvalue weighted by atomic mass is 32.2. The number of sulfonamides is 1. The van der Waals surface area contributed by atoms with E-state index in [9.17, 15) is 18.0 Å². The molecular weight excluding hydrogens is 424 g/mol. The minimum absolute atomic E-state index is 0.0672. The van der Waals surface area contributed by atoms with Crippen molar-refractivity contribution in [3.8, 4) is 11.5 Å². The number of rotatable bonds is 8. The summed E-state index contributed by atoms with van der Waals surface area (Å²) in [5, 5.41) is 2.67. The van der Waals surface area contributed by atoms with E-state index in [0.29, 0.717) is 17.0 Å². The van der Waals surface area contributed by atoms with Crippen molar-refractivity contribution in [2.75, 3.05) is 40.2 Å². The van der Waals surface area contributed by atoms with Gasteiger partial charge in [0.25, 0.3) is 5.91 Å². The lowest BCUT2D eigenvalue weighted by atomic mass is 10.1. The summed E-state index contributed by atoms with van der Waals surface area (Å²) in [7, 11) is 1.90.